The van der Waals surface area contributed by atoms with Gasteiger partial charge in [-0.3, -0.25) is 0 Å². The highest BCUT2D eigenvalue weighted by Gasteiger charge is 2.41. The summed E-state index contributed by atoms with van der Waals surface area (Å²) in [6.07, 6.45) is 8.50. The summed E-state index contributed by atoms with van der Waals surface area (Å²) in [5, 5.41) is 0. The summed E-state index contributed by atoms with van der Waals surface area (Å²) >= 11 is 0. The molecular formula is C24H29N. The summed E-state index contributed by atoms with van der Waals surface area (Å²) in [7, 11) is 0. The first-order valence-electron chi connectivity index (χ1n) is 9.78. The molecule has 130 valence electrons. The molecule has 25 heavy (non-hydrogen) atoms. The van der Waals surface area contributed by atoms with Crippen LogP contribution < -0.4 is 0 Å². The number of piperidine rings is 3. The lowest BCUT2D eigenvalue weighted by Gasteiger charge is -2.49. The molecule has 1 nitrogen and oxygen atoms in total. The predicted octanol–water partition coefficient (Wildman–Crippen LogP) is 5.42. The lowest BCUT2D eigenvalue weighted by molar-refractivity contribution is 0.0355. The Kier molecular flexibility index (Phi) is 4.76. The molecule has 3 heterocycles. The minimum Gasteiger partial charge on any atom is -0.300 e. The summed E-state index contributed by atoms with van der Waals surface area (Å²) in [6, 6.07) is 22.9. The van der Waals surface area contributed by atoms with Gasteiger partial charge in [-0.05, 0) is 62.2 Å². The Morgan fingerprint density at radius 2 is 1.48 bits per heavy atom. The smallest absolute Gasteiger partial charge is 0.0252 e. The quantitative estimate of drug-likeness (QED) is 0.639. The van der Waals surface area contributed by atoms with E-state index in [0.717, 1.165) is 12.3 Å². The van der Waals surface area contributed by atoms with Gasteiger partial charge in [0.15, 0.2) is 0 Å². The molecule has 2 aromatic rings. The Labute approximate surface area is 152 Å². The van der Waals surface area contributed by atoms with Crippen LogP contribution in [0.4, 0.5) is 0 Å². The Bertz CT molecular complexity index is 643. The molecular weight excluding hydrogens is 302 g/mol. The van der Waals surface area contributed by atoms with Crippen molar-refractivity contribution in [1.82, 2.24) is 4.90 Å². The molecule has 0 radical (unpaired) electrons. The SMILES string of the molecule is C=CCC(C[C@@H]1CC2CCN1CC2)(c1ccccc1)c1ccccc1. The standard InChI is InChI=1S/C24H29N/c1-2-15-24(21-9-5-3-6-10-21,22-11-7-4-8-12-22)19-23-18-20-13-16-25(23)17-14-20/h2-12,20,23H,1,13-19H2/t23-/m0/s1. The first-order chi connectivity index (χ1) is 12.3. The highest BCUT2D eigenvalue weighted by molar-refractivity contribution is 5.40. The second-order valence-electron chi connectivity index (χ2n) is 7.88. The van der Waals surface area contributed by atoms with E-state index in [2.05, 4.69) is 78.2 Å². The van der Waals surface area contributed by atoms with E-state index in [9.17, 15) is 0 Å². The molecule has 0 aromatic heterocycles. The molecule has 3 saturated heterocycles. The van der Waals surface area contributed by atoms with E-state index in [1.807, 2.05) is 0 Å². The van der Waals surface area contributed by atoms with Crippen molar-refractivity contribution in [1.29, 1.82) is 0 Å². The molecule has 0 saturated carbocycles. The van der Waals surface area contributed by atoms with Crippen LogP contribution in [0.25, 0.3) is 0 Å². The Morgan fingerprint density at radius 1 is 0.920 bits per heavy atom. The van der Waals surface area contributed by atoms with Gasteiger partial charge in [0.2, 0.25) is 0 Å². The van der Waals surface area contributed by atoms with Crippen LogP contribution in [-0.2, 0) is 5.41 Å². The van der Waals surface area contributed by atoms with Crippen molar-refractivity contribution in [3.8, 4) is 0 Å². The number of benzene rings is 2. The number of nitrogens with zero attached hydrogens (tertiary/aromatic N) is 1. The minimum atomic E-state index is 0.0341. The zero-order chi connectivity index (χ0) is 17.1. The zero-order valence-corrected chi connectivity index (χ0v) is 15.1. The number of rotatable bonds is 6. The van der Waals surface area contributed by atoms with Crippen molar-refractivity contribution in [3.63, 3.8) is 0 Å². The fourth-order valence-corrected chi connectivity index (χ4v) is 5.18. The summed E-state index contributed by atoms with van der Waals surface area (Å²) in [5.74, 6) is 0.947. The van der Waals surface area contributed by atoms with Crippen LogP contribution in [0.15, 0.2) is 73.3 Å². The molecule has 0 aliphatic carbocycles. The van der Waals surface area contributed by atoms with Crippen molar-refractivity contribution in [2.45, 2.75) is 43.6 Å². The minimum absolute atomic E-state index is 0.0341. The molecule has 0 amide bonds. The van der Waals surface area contributed by atoms with E-state index in [-0.39, 0.29) is 5.41 Å². The summed E-state index contributed by atoms with van der Waals surface area (Å²) in [4.78, 5) is 2.75. The van der Waals surface area contributed by atoms with Crippen molar-refractivity contribution in [2.24, 2.45) is 5.92 Å². The Balaban J connectivity index is 1.76. The lowest BCUT2D eigenvalue weighted by Crippen LogP contribution is -2.51. The van der Waals surface area contributed by atoms with Gasteiger partial charge in [0, 0.05) is 11.5 Å². The van der Waals surface area contributed by atoms with E-state index in [1.165, 1.54) is 49.9 Å². The monoisotopic (exact) mass is 331 g/mol. The molecule has 1 atom stereocenters. The van der Waals surface area contributed by atoms with Gasteiger partial charge in [0.1, 0.15) is 0 Å². The molecule has 1 heteroatoms. The maximum Gasteiger partial charge on any atom is 0.0252 e. The van der Waals surface area contributed by atoms with Gasteiger partial charge in [-0.15, -0.1) is 6.58 Å². The highest BCUT2D eigenvalue weighted by Crippen LogP contribution is 2.44. The third kappa shape index (κ3) is 3.18. The molecule has 2 aromatic carbocycles. The van der Waals surface area contributed by atoms with Crippen LogP contribution >= 0.6 is 0 Å². The number of allylic oxidation sites excluding steroid dienone is 1. The summed E-state index contributed by atoms with van der Waals surface area (Å²) < 4.78 is 0. The maximum atomic E-state index is 4.12. The molecule has 3 aliphatic heterocycles. The normalized spacial score (nSPS) is 25.7. The average Bonchev–Trinajstić information content (AvgIpc) is 2.70. The van der Waals surface area contributed by atoms with E-state index in [0.29, 0.717) is 6.04 Å². The summed E-state index contributed by atoms with van der Waals surface area (Å²) in [5.41, 5.74) is 2.90. The molecule has 0 spiro atoms. The summed E-state index contributed by atoms with van der Waals surface area (Å²) in [6.45, 7) is 6.71. The van der Waals surface area contributed by atoms with E-state index >= 15 is 0 Å². The fraction of sp³-hybridized carbons (Fsp3) is 0.417. The molecule has 0 N–H and O–H groups in total. The van der Waals surface area contributed by atoms with Crippen LogP contribution in [0.5, 0.6) is 0 Å². The van der Waals surface area contributed by atoms with Crippen molar-refractivity contribution in [2.75, 3.05) is 13.1 Å². The number of hydrogen-bond acceptors (Lipinski definition) is 1. The van der Waals surface area contributed by atoms with Crippen LogP contribution in [-0.4, -0.2) is 24.0 Å². The van der Waals surface area contributed by atoms with Crippen LogP contribution in [0, 0.1) is 5.92 Å². The van der Waals surface area contributed by atoms with Crippen molar-refractivity contribution in [3.05, 3.63) is 84.4 Å². The second kappa shape index (κ2) is 7.17. The van der Waals surface area contributed by atoms with Gasteiger partial charge in [-0.1, -0.05) is 66.7 Å². The topological polar surface area (TPSA) is 3.24 Å². The largest absolute Gasteiger partial charge is 0.300 e. The van der Waals surface area contributed by atoms with Crippen molar-refractivity contribution >= 4 is 0 Å². The van der Waals surface area contributed by atoms with Crippen LogP contribution in [0.3, 0.4) is 0 Å². The molecule has 2 bridgehead atoms. The van der Waals surface area contributed by atoms with Gasteiger partial charge in [-0.25, -0.2) is 0 Å². The first-order valence-corrected chi connectivity index (χ1v) is 9.78. The lowest BCUT2D eigenvalue weighted by atomic mass is 9.66. The van der Waals surface area contributed by atoms with Gasteiger partial charge in [-0.2, -0.15) is 0 Å². The average molecular weight is 332 g/mol. The van der Waals surface area contributed by atoms with Gasteiger partial charge < -0.3 is 4.90 Å². The molecule has 3 aliphatic rings. The van der Waals surface area contributed by atoms with Crippen LogP contribution in [0.1, 0.15) is 43.2 Å². The fourth-order valence-electron chi connectivity index (χ4n) is 5.18. The predicted molar refractivity (Wildman–Crippen MR) is 106 cm³/mol. The zero-order valence-electron chi connectivity index (χ0n) is 15.1. The third-order valence-corrected chi connectivity index (χ3v) is 6.50. The number of hydrogen-bond donors (Lipinski definition) is 0. The second-order valence-corrected chi connectivity index (χ2v) is 7.88. The third-order valence-electron chi connectivity index (χ3n) is 6.50. The van der Waals surface area contributed by atoms with Gasteiger partial charge >= 0.3 is 0 Å². The maximum absolute atomic E-state index is 4.12. The van der Waals surface area contributed by atoms with Gasteiger partial charge in [0.25, 0.3) is 0 Å². The Morgan fingerprint density at radius 3 is 1.92 bits per heavy atom. The van der Waals surface area contributed by atoms with E-state index < -0.39 is 0 Å². The molecule has 3 fully saturated rings. The molecule has 5 rings (SSSR count). The highest BCUT2D eigenvalue weighted by atomic mass is 15.2. The number of fused-ring (bicyclic) bond motifs is 3. The molecule has 0 unspecified atom stereocenters. The Hall–Kier alpha value is -1.86. The van der Waals surface area contributed by atoms with E-state index in [4.69, 9.17) is 0 Å². The van der Waals surface area contributed by atoms with Crippen LogP contribution in [0.2, 0.25) is 0 Å². The first kappa shape index (κ1) is 16.6. The van der Waals surface area contributed by atoms with E-state index in [1.54, 1.807) is 0 Å². The van der Waals surface area contributed by atoms with Gasteiger partial charge in [0.05, 0.1) is 0 Å². The van der Waals surface area contributed by atoms with Crippen molar-refractivity contribution < 1.29 is 0 Å².